The Kier molecular flexibility index (Phi) is 3.87. The number of benzene rings is 2. The number of hydrogen-bond donors (Lipinski definition) is 0. The Balaban J connectivity index is 2.28. The molecular weight excluding hydrogens is 324 g/mol. The molecule has 0 aliphatic rings. The molecule has 126 valence electrons. The Hall–Kier alpha value is -2.34. The van der Waals surface area contributed by atoms with Crippen LogP contribution >= 0.6 is 0 Å². The largest absolute Gasteiger partial charge is 0.496 e. The van der Waals surface area contributed by atoms with Crippen molar-refractivity contribution >= 4 is 21.1 Å². The molecule has 5 nitrogen and oxygen atoms in total. The second kappa shape index (κ2) is 5.63. The number of fused-ring (bicyclic) bond motifs is 1. The minimum atomic E-state index is -3.76. The predicted molar refractivity (Wildman–Crippen MR) is 94.3 cm³/mol. The van der Waals surface area contributed by atoms with Crippen molar-refractivity contribution < 1.29 is 13.2 Å². The van der Waals surface area contributed by atoms with Crippen molar-refractivity contribution in [2.45, 2.75) is 32.6 Å². The smallest absolute Gasteiger partial charge is 0.269 e. The number of ether oxygens (including phenoxy) is 1. The van der Waals surface area contributed by atoms with Gasteiger partial charge in [-0.15, -0.1) is 0 Å². The molecule has 0 amide bonds. The van der Waals surface area contributed by atoms with Crippen molar-refractivity contribution in [2.24, 2.45) is 0 Å². The first-order chi connectivity index (χ1) is 11.3. The molecule has 0 aliphatic carbocycles. The maximum Gasteiger partial charge on any atom is 0.269 e. The highest BCUT2D eigenvalue weighted by atomic mass is 32.2. The van der Waals surface area contributed by atoms with E-state index in [4.69, 9.17) is 4.74 Å². The van der Waals surface area contributed by atoms with Gasteiger partial charge in [-0.05, 0) is 62.1 Å². The second-order valence-electron chi connectivity index (χ2n) is 6.06. The summed E-state index contributed by atoms with van der Waals surface area (Å²) in [6.07, 6.45) is 1.37. The van der Waals surface area contributed by atoms with Crippen LogP contribution in [0.5, 0.6) is 5.75 Å². The Labute approximate surface area is 142 Å². The highest BCUT2D eigenvalue weighted by Gasteiger charge is 2.23. The average molecular weight is 344 g/mol. The van der Waals surface area contributed by atoms with Crippen LogP contribution in [0.1, 0.15) is 22.3 Å². The molecule has 3 rings (SSSR count). The molecule has 0 aliphatic heterocycles. The molecule has 0 bridgehead atoms. The van der Waals surface area contributed by atoms with Gasteiger partial charge >= 0.3 is 0 Å². The Bertz CT molecular complexity index is 1050. The molecule has 0 fully saturated rings. The van der Waals surface area contributed by atoms with Crippen LogP contribution in [0.2, 0.25) is 0 Å². The van der Waals surface area contributed by atoms with Gasteiger partial charge in [-0.3, -0.25) is 0 Å². The van der Waals surface area contributed by atoms with E-state index >= 15 is 0 Å². The lowest BCUT2D eigenvalue weighted by molar-refractivity contribution is 0.410. The minimum Gasteiger partial charge on any atom is -0.496 e. The van der Waals surface area contributed by atoms with E-state index < -0.39 is 10.0 Å². The van der Waals surface area contributed by atoms with Crippen LogP contribution in [-0.4, -0.2) is 24.5 Å². The first-order valence-corrected chi connectivity index (χ1v) is 9.05. The molecule has 0 unspecified atom stereocenters. The molecule has 0 saturated carbocycles. The summed E-state index contributed by atoms with van der Waals surface area (Å²) in [6.45, 7) is 7.62. The first kappa shape index (κ1) is 16.5. The van der Waals surface area contributed by atoms with Gasteiger partial charge in [0.1, 0.15) is 12.1 Å². The van der Waals surface area contributed by atoms with Crippen LogP contribution in [0.25, 0.3) is 11.0 Å². The van der Waals surface area contributed by atoms with Gasteiger partial charge in [0, 0.05) is 6.07 Å². The van der Waals surface area contributed by atoms with Gasteiger partial charge in [0.05, 0.1) is 23.0 Å². The Morgan fingerprint density at radius 3 is 2.25 bits per heavy atom. The summed E-state index contributed by atoms with van der Waals surface area (Å²) in [5, 5.41) is 0. The summed E-state index contributed by atoms with van der Waals surface area (Å²) in [4.78, 5) is 4.48. The van der Waals surface area contributed by atoms with Crippen molar-refractivity contribution in [2.75, 3.05) is 7.11 Å². The number of hydrogen-bond acceptors (Lipinski definition) is 4. The molecule has 0 N–H and O–H groups in total. The standard InChI is InChI=1S/C18H20N2O3S/c1-11-7-15-16(8-12(11)2)20(10-19-15)24(21,22)18-9-17(23-5)13(3)6-14(18)4/h6-10H,1-5H3. The quantitative estimate of drug-likeness (QED) is 0.729. The van der Waals surface area contributed by atoms with Gasteiger partial charge < -0.3 is 4.74 Å². The SMILES string of the molecule is COc1cc(S(=O)(=O)n2cnc3cc(C)c(C)cc32)c(C)cc1C. The van der Waals surface area contributed by atoms with Crippen molar-refractivity contribution in [3.63, 3.8) is 0 Å². The van der Waals surface area contributed by atoms with Crippen LogP contribution in [-0.2, 0) is 10.0 Å². The zero-order chi connectivity index (χ0) is 17.6. The lowest BCUT2D eigenvalue weighted by Crippen LogP contribution is -2.14. The maximum atomic E-state index is 13.2. The summed E-state index contributed by atoms with van der Waals surface area (Å²) in [5.74, 6) is 0.552. The third-order valence-corrected chi connectivity index (χ3v) is 6.16. The number of methoxy groups -OCH3 is 1. The van der Waals surface area contributed by atoms with Gasteiger partial charge in [0.25, 0.3) is 10.0 Å². The van der Waals surface area contributed by atoms with E-state index in [1.54, 1.807) is 13.0 Å². The molecule has 0 radical (unpaired) electrons. The van der Waals surface area contributed by atoms with E-state index in [-0.39, 0.29) is 4.90 Å². The fourth-order valence-electron chi connectivity index (χ4n) is 2.85. The highest BCUT2D eigenvalue weighted by Crippen LogP contribution is 2.29. The topological polar surface area (TPSA) is 61.2 Å². The third kappa shape index (κ3) is 2.47. The summed E-state index contributed by atoms with van der Waals surface area (Å²) in [6, 6.07) is 7.16. The van der Waals surface area contributed by atoms with Crippen LogP contribution in [0, 0.1) is 27.7 Å². The number of imidazole rings is 1. The monoisotopic (exact) mass is 344 g/mol. The van der Waals surface area contributed by atoms with Crippen molar-refractivity contribution in [3.05, 3.63) is 52.8 Å². The molecule has 6 heteroatoms. The Morgan fingerprint density at radius 1 is 0.917 bits per heavy atom. The molecule has 24 heavy (non-hydrogen) atoms. The lowest BCUT2D eigenvalue weighted by Gasteiger charge is -2.13. The van der Waals surface area contributed by atoms with Crippen molar-refractivity contribution in [1.29, 1.82) is 0 Å². The minimum absolute atomic E-state index is 0.225. The second-order valence-corrected chi connectivity index (χ2v) is 7.84. The number of aryl methyl sites for hydroxylation is 4. The van der Waals surface area contributed by atoms with E-state index in [1.807, 2.05) is 39.0 Å². The van der Waals surface area contributed by atoms with Crippen LogP contribution in [0.4, 0.5) is 0 Å². The van der Waals surface area contributed by atoms with Crippen LogP contribution in [0.3, 0.4) is 0 Å². The predicted octanol–water partition coefficient (Wildman–Crippen LogP) is 3.52. The van der Waals surface area contributed by atoms with Gasteiger partial charge in [0.15, 0.2) is 0 Å². The Morgan fingerprint density at radius 2 is 1.58 bits per heavy atom. The summed E-state index contributed by atoms with van der Waals surface area (Å²) in [7, 11) is -2.22. The molecule has 1 aromatic heterocycles. The zero-order valence-corrected chi connectivity index (χ0v) is 15.2. The first-order valence-electron chi connectivity index (χ1n) is 7.61. The molecular formula is C18H20N2O3S. The summed E-state index contributed by atoms with van der Waals surface area (Å²) < 4.78 is 32.9. The molecule has 0 saturated heterocycles. The van der Waals surface area contributed by atoms with Gasteiger partial charge in [-0.1, -0.05) is 6.07 Å². The number of nitrogens with zero attached hydrogens (tertiary/aromatic N) is 2. The fraction of sp³-hybridized carbons (Fsp3) is 0.278. The van der Waals surface area contributed by atoms with Gasteiger partial charge in [0.2, 0.25) is 0 Å². The van der Waals surface area contributed by atoms with E-state index in [0.717, 1.165) is 16.7 Å². The molecule has 2 aromatic carbocycles. The van der Waals surface area contributed by atoms with Crippen LogP contribution in [0.15, 0.2) is 35.5 Å². The highest BCUT2D eigenvalue weighted by molar-refractivity contribution is 7.90. The summed E-state index contributed by atoms with van der Waals surface area (Å²) >= 11 is 0. The van der Waals surface area contributed by atoms with E-state index in [1.165, 1.54) is 17.4 Å². The summed E-state index contributed by atoms with van der Waals surface area (Å²) in [5.41, 5.74) is 4.93. The maximum absolute atomic E-state index is 13.2. The van der Waals surface area contributed by atoms with Crippen LogP contribution < -0.4 is 4.74 Å². The van der Waals surface area contributed by atoms with E-state index in [0.29, 0.717) is 22.3 Å². The van der Waals surface area contributed by atoms with Gasteiger partial charge in [-0.2, -0.15) is 0 Å². The molecule has 1 heterocycles. The normalized spacial score (nSPS) is 11.9. The number of rotatable bonds is 3. The fourth-order valence-corrected chi connectivity index (χ4v) is 4.36. The third-order valence-electron chi connectivity index (χ3n) is 4.36. The molecule has 0 spiro atoms. The number of aromatic nitrogens is 2. The van der Waals surface area contributed by atoms with E-state index in [9.17, 15) is 8.42 Å². The molecule has 0 atom stereocenters. The van der Waals surface area contributed by atoms with Crippen molar-refractivity contribution in [1.82, 2.24) is 8.96 Å². The van der Waals surface area contributed by atoms with Crippen molar-refractivity contribution in [3.8, 4) is 5.75 Å². The van der Waals surface area contributed by atoms with E-state index in [2.05, 4.69) is 4.98 Å². The van der Waals surface area contributed by atoms with Gasteiger partial charge in [-0.25, -0.2) is 17.4 Å². The average Bonchev–Trinajstić information content (AvgIpc) is 2.91. The zero-order valence-electron chi connectivity index (χ0n) is 14.4. The molecule has 3 aromatic rings. The lowest BCUT2D eigenvalue weighted by atomic mass is 10.1.